The molecule has 0 amide bonds. The van der Waals surface area contributed by atoms with Gasteiger partial charge >= 0.3 is 0 Å². The first kappa shape index (κ1) is 14.0. The molecule has 0 aromatic rings. The second kappa shape index (κ2) is 9.51. The van der Waals surface area contributed by atoms with E-state index in [-0.39, 0.29) is 0 Å². The Morgan fingerprint density at radius 2 is 1.71 bits per heavy atom. The summed E-state index contributed by atoms with van der Waals surface area (Å²) in [6.07, 6.45) is 6.85. The minimum absolute atomic E-state index is 0.894. The standard InChI is InChI=1S/C13H29N/c1-5-8-10-13(11-14-7-3)12(4)9-6-2/h12-14H,5-11H2,1-4H3. The molecule has 1 nitrogen and oxygen atoms in total. The molecule has 0 spiro atoms. The van der Waals surface area contributed by atoms with Crippen LogP contribution in [0.15, 0.2) is 0 Å². The highest BCUT2D eigenvalue weighted by Crippen LogP contribution is 2.22. The van der Waals surface area contributed by atoms with Crippen LogP contribution in [0.25, 0.3) is 0 Å². The maximum Gasteiger partial charge on any atom is -0.00181 e. The summed E-state index contributed by atoms with van der Waals surface area (Å²) in [5.41, 5.74) is 0. The summed E-state index contributed by atoms with van der Waals surface area (Å²) in [6.45, 7) is 11.5. The minimum Gasteiger partial charge on any atom is -0.317 e. The van der Waals surface area contributed by atoms with Crippen LogP contribution in [0.5, 0.6) is 0 Å². The van der Waals surface area contributed by atoms with Crippen LogP contribution in [0.3, 0.4) is 0 Å². The molecule has 0 aromatic heterocycles. The molecule has 0 saturated heterocycles. The zero-order chi connectivity index (χ0) is 10.8. The summed E-state index contributed by atoms with van der Waals surface area (Å²) in [6, 6.07) is 0. The monoisotopic (exact) mass is 199 g/mol. The third kappa shape index (κ3) is 6.42. The van der Waals surface area contributed by atoms with Crippen LogP contribution < -0.4 is 5.32 Å². The number of hydrogen-bond donors (Lipinski definition) is 1. The van der Waals surface area contributed by atoms with Crippen molar-refractivity contribution in [2.75, 3.05) is 13.1 Å². The predicted octanol–water partition coefficient (Wildman–Crippen LogP) is 3.84. The highest BCUT2D eigenvalue weighted by atomic mass is 14.8. The van der Waals surface area contributed by atoms with Gasteiger partial charge in [0, 0.05) is 0 Å². The molecule has 0 aliphatic rings. The lowest BCUT2D eigenvalue weighted by molar-refractivity contribution is 0.297. The second-order valence-corrected chi connectivity index (χ2v) is 4.48. The van der Waals surface area contributed by atoms with Crippen LogP contribution in [0.4, 0.5) is 0 Å². The van der Waals surface area contributed by atoms with E-state index in [1.807, 2.05) is 0 Å². The van der Waals surface area contributed by atoms with Gasteiger partial charge in [-0.1, -0.05) is 53.4 Å². The lowest BCUT2D eigenvalue weighted by atomic mass is 9.86. The lowest BCUT2D eigenvalue weighted by Gasteiger charge is -2.23. The Morgan fingerprint density at radius 3 is 2.21 bits per heavy atom. The smallest absolute Gasteiger partial charge is 0.00181 e. The van der Waals surface area contributed by atoms with Crippen molar-refractivity contribution in [3.63, 3.8) is 0 Å². The van der Waals surface area contributed by atoms with E-state index in [0.717, 1.165) is 18.4 Å². The van der Waals surface area contributed by atoms with Gasteiger partial charge in [0.15, 0.2) is 0 Å². The van der Waals surface area contributed by atoms with Crippen LogP contribution in [0.2, 0.25) is 0 Å². The van der Waals surface area contributed by atoms with Crippen LogP contribution >= 0.6 is 0 Å². The third-order valence-corrected chi connectivity index (χ3v) is 3.13. The summed E-state index contributed by atoms with van der Waals surface area (Å²) in [7, 11) is 0. The van der Waals surface area contributed by atoms with Crippen molar-refractivity contribution < 1.29 is 0 Å². The van der Waals surface area contributed by atoms with E-state index in [4.69, 9.17) is 0 Å². The Bertz CT molecular complexity index is 104. The number of nitrogens with one attached hydrogen (secondary N) is 1. The van der Waals surface area contributed by atoms with E-state index in [1.165, 1.54) is 38.6 Å². The Kier molecular flexibility index (Phi) is 9.49. The first-order chi connectivity index (χ1) is 6.76. The average molecular weight is 199 g/mol. The highest BCUT2D eigenvalue weighted by Gasteiger charge is 2.15. The molecule has 2 unspecified atom stereocenters. The van der Waals surface area contributed by atoms with Crippen LogP contribution in [0, 0.1) is 11.8 Å². The summed E-state index contributed by atoms with van der Waals surface area (Å²) in [5.74, 6) is 1.79. The van der Waals surface area contributed by atoms with Gasteiger partial charge in [0.1, 0.15) is 0 Å². The molecule has 0 saturated carbocycles. The maximum atomic E-state index is 3.50. The van der Waals surface area contributed by atoms with Crippen molar-refractivity contribution in [3.05, 3.63) is 0 Å². The van der Waals surface area contributed by atoms with Gasteiger partial charge in [-0.05, 0) is 31.3 Å². The van der Waals surface area contributed by atoms with Crippen LogP contribution in [-0.2, 0) is 0 Å². The first-order valence-electron chi connectivity index (χ1n) is 6.46. The van der Waals surface area contributed by atoms with E-state index in [2.05, 4.69) is 33.0 Å². The minimum atomic E-state index is 0.894. The van der Waals surface area contributed by atoms with Crippen molar-refractivity contribution in [2.24, 2.45) is 11.8 Å². The summed E-state index contributed by atoms with van der Waals surface area (Å²) < 4.78 is 0. The van der Waals surface area contributed by atoms with E-state index < -0.39 is 0 Å². The largest absolute Gasteiger partial charge is 0.317 e. The topological polar surface area (TPSA) is 12.0 Å². The molecule has 1 heteroatoms. The summed E-state index contributed by atoms with van der Waals surface area (Å²) in [4.78, 5) is 0. The molecular weight excluding hydrogens is 170 g/mol. The van der Waals surface area contributed by atoms with Gasteiger partial charge in [-0.15, -0.1) is 0 Å². The fourth-order valence-electron chi connectivity index (χ4n) is 2.07. The van der Waals surface area contributed by atoms with E-state index >= 15 is 0 Å². The quantitative estimate of drug-likeness (QED) is 0.595. The molecule has 2 atom stereocenters. The van der Waals surface area contributed by atoms with Crippen molar-refractivity contribution in [3.8, 4) is 0 Å². The van der Waals surface area contributed by atoms with Crippen LogP contribution in [-0.4, -0.2) is 13.1 Å². The van der Waals surface area contributed by atoms with Gasteiger partial charge < -0.3 is 5.32 Å². The molecule has 1 N–H and O–H groups in total. The fourth-order valence-corrected chi connectivity index (χ4v) is 2.07. The molecule has 0 fully saturated rings. The zero-order valence-electron chi connectivity index (χ0n) is 10.6. The normalized spacial score (nSPS) is 15.4. The summed E-state index contributed by atoms with van der Waals surface area (Å²) in [5, 5.41) is 3.50. The Labute approximate surface area is 90.7 Å². The van der Waals surface area contributed by atoms with E-state index in [1.54, 1.807) is 0 Å². The Hall–Kier alpha value is -0.0400. The van der Waals surface area contributed by atoms with Gasteiger partial charge in [0.05, 0.1) is 0 Å². The molecule has 0 radical (unpaired) electrons. The molecular formula is C13H29N. The van der Waals surface area contributed by atoms with Gasteiger partial charge in [-0.2, -0.15) is 0 Å². The fraction of sp³-hybridized carbons (Fsp3) is 1.00. The first-order valence-corrected chi connectivity index (χ1v) is 6.46. The van der Waals surface area contributed by atoms with Crippen molar-refractivity contribution in [2.45, 2.75) is 59.8 Å². The predicted molar refractivity (Wildman–Crippen MR) is 65.6 cm³/mol. The lowest BCUT2D eigenvalue weighted by Crippen LogP contribution is -2.27. The molecule has 0 aliphatic heterocycles. The van der Waals surface area contributed by atoms with Crippen molar-refractivity contribution in [1.82, 2.24) is 5.32 Å². The molecule has 0 aliphatic carbocycles. The van der Waals surface area contributed by atoms with E-state index in [9.17, 15) is 0 Å². The second-order valence-electron chi connectivity index (χ2n) is 4.48. The molecule has 0 bridgehead atoms. The van der Waals surface area contributed by atoms with Crippen molar-refractivity contribution >= 4 is 0 Å². The van der Waals surface area contributed by atoms with Gasteiger partial charge in [-0.25, -0.2) is 0 Å². The Morgan fingerprint density at radius 1 is 1.00 bits per heavy atom. The molecule has 0 heterocycles. The third-order valence-electron chi connectivity index (χ3n) is 3.13. The zero-order valence-corrected chi connectivity index (χ0v) is 10.6. The number of unbranched alkanes of at least 4 members (excludes halogenated alkanes) is 1. The van der Waals surface area contributed by atoms with E-state index in [0.29, 0.717) is 0 Å². The molecule has 14 heavy (non-hydrogen) atoms. The average Bonchev–Trinajstić information content (AvgIpc) is 2.18. The van der Waals surface area contributed by atoms with Crippen molar-refractivity contribution in [1.29, 1.82) is 0 Å². The number of rotatable bonds is 9. The van der Waals surface area contributed by atoms with Gasteiger partial charge in [0.25, 0.3) is 0 Å². The molecule has 86 valence electrons. The van der Waals surface area contributed by atoms with Gasteiger partial charge in [-0.3, -0.25) is 0 Å². The summed E-state index contributed by atoms with van der Waals surface area (Å²) >= 11 is 0. The van der Waals surface area contributed by atoms with Crippen LogP contribution in [0.1, 0.15) is 59.8 Å². The Balaban J connectivity index is 3.81. The molecule has 0 rings (SSSR count). The SMILES string of the molecule is CCCCC(CNCC)C(C)CCC. The number of hydrogen-bond acceptors (Lipinski definition) is 1. The molecule has 0 aromatic carbocycles. The highest BCUT2D eigenvalue weighted by molar-refractivity contribution is 4.68. The maximum absolute atomic E-state index is 3.50. The van der Waals surface area contributed by atoms with Gasteiger partial charge in [0.2, 0.25) is 0 Å².